The lowest BCUT2D eigenvalue weighted by molar-refractivity contribution is -0.274. The van der Waals surface area contributed by atoms with Gasteiger partial charge in [-0.25, -0.2) is 13.2 Å². The summed E-state index contributed by atoms with van der Waals surface area (Å²) in [6, 6.07) is 11.3. The van der Waals surface area contributed by atoms with Crippen LogP contribution in [0.1, 0.15) is 13.8 Å². The summed E-state index contributed by atoms with van der Waals surface area (Å²) in [7, 11) is -4.11. The Morgan fingerprint density at radius 1 is 1.06 bits per heavy atom. The molecule has 10 heteroatoms. The van der Waals surface area contributed by atoms with Crippen molar-refractivity contribution < 1.29 is 36.2 Å². The number of hydrogen-bond donors (Lipinski definition) is 2. The minimum absolute atomic E-state index is 0.0967. The van der Waals surface area contributed by atoms with E-state index >= 15 is 0 Å². The van der Waals surface area contributed by atoms with Crippen LogP contribution in [0.15, 0.2) is 89.0 Å². The average Bonchev–Trinajstić information content (AvgIpc) is 2.70. The molecule has 2 rings (SSSR count). The number of aliphatic carboxylic acids is 1. The van der Waals surface area contributed by atoms with Crippen molar-refractivity contribution in [2.45, 2.75) is 20.2 Å². The Balaban J connectivity index is 2.24. The topological polar surface area (TPSA) is 92.7 Å². The standard InChI is InChI=1S/C23H20F3NO5S/c1-4-20(13-14-21(15(2)3)22(28)29)33(30,31)27-18-9-5-16(6-10-18)17-7-11-19(12-8-17)32-23(24,25)26/h4-12,14,27H,1H2,2-3H3,(H,28,29). The predicted molar refractivity (Wildman–Crippen MR) is 119 cm³/mol. The zero-order valence-corrected chi connectivity index (χ0v) is 18.4. The summed E-state index contributed by atoms with van der Waals surface area (Å²) in [6.07, 6.45) is -2.69. The highest BCUT2D eigenvalue weighted by Crippen LogP contribution is 2.27. The normalized spacial score (nSPS) is 11.1. The van der Waals surface area contributed by atoms with Crippen LogP contribution in [0.4, 0.5) is 18.9 Å². The summed E-state index contributed by atoms with van der Waals surface area (Å²) >= 11 is 0. The first kappa shape index (κ1) is 25.5. The van der Waals surface area contributed by atoms with Crippen LogP contribution in [0.2, 0.25) is 0 Å². The molecule has 0 unspecified atom stereocenters. The first-order valence-corrected chi connectivity index (χ1v) is 10.8. The number of carboxylic acids is 1. The van der Waals surface area contributed by atoms with Crippen molar-refractivity contribution in [2.75, 3.05) is 4.72 Å². The summed E-state index contributed by atoms with van der Waals surface area (Å²) in [4.78, 5) is 10.9. The Hall–Kier alpha value is -3.75. The third kappa shape index (κ3) is 7.41. The molecule has 2 N–H and O–H groups in total. The molecule has 0 saturated heterocycles. The van der Waals surface area contributed by atoms with Crippen LogP contribution >= 0.6 is 0 Å². The Morgan fingerprint density at radius 3 is 2.00 bits per heavy atom. The van der Waals surface area contributed by atoms with Crippen molar-refractivity contribution >= 4 is 21.7 Å². The second kappa shape index (κ2) is 10.2. The van der Waals surface area contributed by atoms with Crippen molar-refractivity contribution in [1.29, 1.82) is 0 Å². The first-order chi connectivity index (χ1) is 15.3. The number of carboxylic acid groups (broad SMARTS) is 1. The number of carbonyl (C=O) groups is 1. The molecular formula is C23H20F3NO5S. The van der Waals surface area contributed by atoms with Crippen LogP contribution in [0.3, 0.4) is 0 Å². The van der Waals surface area contributed by atoms with Crippen molar-refractivity contribution in [3.63, 3.8) is 0 Å². The molecule has 0 fully saturated rings. The highest BCUT2D eigenvalue weighted by Gasteiger charge is 2.30. The minimum Gasteiger partial charge on any atom is -0.478 e. The third-order valence-corrected chi connectivity index (χ3v) is 5.53. The van der Waals surface area contributed by atoms with E-state index < -0.39 is 22.4 Å². The molecule has 0 aliphatic heterocycles. The largest absolute Gasteiger partial charge is 0.573 e. The second-order valence-electron chi connectivity index (χ2n) is 6.83. The number of rotatable bonds is 8. The summed E-state index contributed by atoms with van der Waals surface area (Å²) < 4.78 is 68.2. The fraction of sp³-hybridized carbons (Fsp3) is 0.130. The van der Waals surface area contributed by atoms with E-state index in [-0.39, 0.29) is 21.9 Å². The highest BCUT2D eigenvalue weighted by molar-refractivity contribution is 7.96. The number of allylic oxidation sites excluding steroid dienone is 1. The maximum atomic E-state index is 12.6. The molecule has 0 heterocycles. The smallest absolute Gasteiger partial charge is 0.478 e. The van der Waals surface area contributed by atoms with Crippen molar-refractivity contribution in [1.82, 2.24) is 0 Å². The highest BCUT2D eigenvalue weighted by atomic mass is 32.2. The quantitative estimate of drug-likeness (QED) is 0.290. The van der Waals surface area contributed by atoms with E-state index in [1.807, 2.05) is 0 Å². The van der Waals surface area contributed by atoms with Gasteiger partial charge in [0.2, 0.25) is 0 Å². The third-order valence-electron chi connectivity index (χ3n) is 4.16. The summed E-state index contributed by atoms with van der Waals surface area (Å²) in [5, 5.41) is 9.17. The van der Waals surface area contributed by atoms with Gasteiger partial charge in [-0.15, -0.1) is 13.2 Å². The van der Waals surface area contributed by atoms with Crippen LogP contribution in [-0.2, 0) is 14.8 Å². The molecule has 0 aliphatic carbocycles. The fourth-order valence-corrected chi connectivity index (χ4v) is 3.59. The lowest BCUT2D eigenvalue weighted by atomic mass is 10.1. The molecule has 174 valence electrons. The minimum atomic E-state index is -4.78. The predicted octanol–water partition coefficient (Wildman–Crippen LogP) is 5.64. The van der Waals surface area contributed by atoms with Gasteiger partial charge in [-0.05, 0) is 61.4 Å². The van der Waals surface area contributed by atoms with Crippen LogP contribution < -0.4 is 9.46 Å². The van der Waals surface area contributed by atoms with E-state index in [2.05, 4.69) is 21.8 Å². The summed E-state index contributed by atoms with van der Waals surface area (Å²) in [5.74, 6) is -1.57. The number of sulfonamides is 1. The second-order valence-corrected chi connectivity index (χ2v) is 8.48. The fourth-order valence-electron chi connectivity index (χ4n) is 2.60. The van der Waals surface area contributed by atoms with Crippen molar-refractivity contribution in [2.24, 2.45) is 0 Å². The Bertz CT molecular complexity index is 1230. The van der Waals surface area contributed by atoms with Gasteiger partial charge in [0, 0.05) is 5.69 Å². The average molecular weight is 479 g/mol. The first-order valence-electron chi connectivity index (χ1n) is 9.31. The molecule has 0 aromatic heterocycles. The van der Waals surface area contributed by atoms with Gasteiger partial charge in [0.05, 0.1) is 5.57 Å². The molecule has 0 amide bonds. The van der Waals surface area contributed by atoms with E-state index in [1.54, 1.807) is 26.0 Å². The summed E-state index contributed by atoms with van der Waals surface area (Å²) in [5.41, 5.74) is 4.25. The maximum Gasteiger partial charge on any atom is 0.573 e. The molecule has 0 atom stereocenters. The molecule has 0 bridgehead atoms. The zero-order chi connectivity index (χ0) is 24.8. The van der Waals surface area contributed by atoms with Gasteiger partial charge < -0.3 is 9.84 Å². The SMILES string of the molecule is C=CC(=C=CC(C(=O)O)=C(C)C)S(=O)(=O)Nc1ccc(-c2ccc(OC(F)(F)F)cc2)cc1. The van der Waals surface area contributed by atoms with Gasteiger partial charge in [-0.2, -0.15) is 0 Å². The molecule has 6 nitrogen and oxygen atoms in total. The van der Waals surface area contributed by atoms with E-state index in [1.165, 1.54) is 36.4 Å². The zero-order valence-electron chi connectivity index (χ0n) is 17.6. The molecule has 0 spiro atoms. The van der Waals surface area contributed by atoms with Gasteiger partial charge in [0.15, 0.2) is 0 Å². The van der Waals surface area contributed by atoms with Gasteiger partial charge in [0.1, 0.15) is 10.7 Å². The number of halogens is 3. The number of ether oxygens (including phenoxy) is 1. The van der Waals surface area contributed by atoms with E-state index in [0.29, 0.717) is 16.7 Å². The van der Waals surface area contributed by atoms with Crippen LogP contribution in [0, 0.1) is 0 Å². The Morgan fingerprint density at radius 2 is 1.58 bits per heavy atom. The number of anilines is 1. The van der Waals surface area contributed by atoms with Crippen molar-refractivity contribution in [3.05, 3.63) is 89.0 Å². The summed E-state index contributed by atoms with van der Waals surface area (Å²) in [6.45, 7) is 6.58. The number of nitrogens with one attached hydrogen (secondary N) is 1. The number of benzene rings is 2. The van der Waals surface area contributed by atoms with E-state index in [9.17, 15) is 26.4 Å². The number of alkyl halides is 3. The number of hydrogen-bond acceptors (Lipinski definition) is 4. The van der Waals surface area contributed by atoms with Crippen LogP contribution in [0.25, 0.3) is 11.1 Å². The van der Waals surface area contributed by atoms with Crippen LogP contribution in [0.5, 0.6) is 5.75 Å². The molecule has 0 saturated carbocycles. The lowest BCUT2D eigenvalue weighted by Crippen LogP contribution is -2.16. The molecular weight excluding hydrogens is 459 g/mol. The molecule has 2 aromatic carbocycles. The maximum absolute atomic E-state index is 12.6. The molecule has 0 radical (unpaired) electrons. The van der Waals surface area contributed by atoms with Gasteiger partial charge in [0.25, 0.3) is 10.0 Å². The molecule has 2 aromatic rings. The van der Waals surface area contributed by atoms with Gasteiger partial charge in [-0.3, -0.25) is 4.72 Å². The Kier molecular flexibility index (Phi) is 7.92. The van der Waals surface area contributed by atoms with E-state index in [4.69, 9.17) is 5.11 Å². The van der Waals surface area contributed by atoms with Gasteiger partial charge in [-0.1, -0.05) is 42.1 Å². The Labute approximate surface area is 189 Å². The van der Waals surface area contributed by atoms with Gasteiger partial charge >= 0.3 is 12.3 Å². The van der Waals surface area contributed by atoms with E-state index in [0.717, 1.165) is 12.2 Å². The monoisotopic (exact) mass is 479 g/mol. The molecule has 33 heavy (non-hydrogen) atoms. The van der Waals surface area contributed by atoms with Crippen molar-refractivity contribution in [3.8, 4) is 16.9 Å². The lowest BCUT2D eigenvalue weighted by Gasteiger charge is -2.10. The van der Waals surface area contributed by atoms with Crippen LogP contribution in [-0.4, -0.2) is 25.9 Å². The molecule has 0 aliphatic rings.